The maximum Gasteiger partial charge on any atom is 0.161 e. The standard InChI is InChI=1S/C29H26ClN7S/c30-25-11-10-24(38-25)20-6-3-7-22-26(20)35-29(34-22)28-27-23(36-37-28)9-8-21(33-27)19-12-18(15-32-16-19)14-31-13-17-4-1-2-5-17/h3,6-12,15-17,31H,1-2,4-5,13-14H2,(H,34,35)(H,36,37). The number of thiophene rings is 1. The van der Waals surface area contributed by atoms with Gasteiger partial charge in [-0.15, -0.1) is 11.3 Å². The van der Waals surface area contributed by atoms with Crippen molar-refractivity contribution < 1.29 is 0 Å². The van der Waals surface area contributed by atoms with Crippen molar-refractivity contribution in [2.45, 2.75) is 32.2 Å². The van der Waals surface area contributed by atoms with Gasteiger partial charge >= 0.3 is 0 Å². The molecule has 1 aliphatic rings. The number of benzene rings is 1. The average Bonchev–Trinajstić information content (AvgIpc) is 3.74. The zero-order valence-corrected chi connectivity index (χ0v) is 22.2. The van der Waals surface area contributed by atoms with Crippen LogP contribution in [0.2, 0.25) is 4.34 Å². The van der Waals surface area contributed by atoms with Gasteiger partial charge in [-0.2, -0.15) is 5.10 Å². The second-order valence-corrected chi connectivity index (χ2v) is 11.6. The smallest absolute Gasteiger partial charge is 0.161 e. The van der Waals surface area contributed by atoms with Crippen molar-refractivity contribution in [1.82, 2.24) is 35.5 Å². The van der Waals surface area contributed by atoms with Crippen molar-refractivity contribution in [1.29, 1.82) is 0 Å². The van der Waals surface area contributed by atoms with E-state index in [1.807, 2.05) is 48.8 Å². The number of H-pyrrole nitrogens is 2. The summed E-state index contributed by atoms with van der Waals surface area (Å²) in [5.41, 5.74) is 8.19. The summed E-state index contributed by atoms with van der Waals surface area (Å²) < 4.78 is 0.756. The van der Waals surface area contributed by atoms with Crippen LogP contribution < -0.4 is 5.32 Å². The Kier molecular flexibility index (Phi) is 6.15. The fourth-order valence-electron chi connectivity index (χ4n) is 5.39. The Labute approximate surface area is 228 Å². The fraction of sp³-hybridized carbons (Fsp3) is 0.241. The molecule has 3 N–H and O–H groups in total. The van der Waals surface area contributed by atoms with Gasteiger partial charge in [0.25, 0.3) is 0 Å². The summed E-state index contributed by atoms with van der Waals surface area (Å²) in [6.07, 6.45) is 9.22. The van der Waals surface area contributed by atoms with Crippen molar-refractivity contribution in [3.05, 3.63) is 70.8 Å². The molecule has 0 bridgehead atoms. The average molecular weight is 540 g/mol. The molecule has 7 nitrogen and oxygen atoms in total. The van der Waals surface area contributed by atoms with E-state index < -0.39 is 0 Å². The zero-order chi connectivity index (χ0) is 25.5. The Morgan fingerprint density at radius 3 is 2.76 bits per heavy atom. The third-order valence-corrected chi connectivity index (χ3v) is 8.58. The van der Waals surface area contributed by atoms with Crippen LogP contribution in [0.25, 0.3) is 55.3 Å². The van der Waals surface area contributed by atoms with Crippen LogP contribution in [-0.2, 0) is 6.54 Å². The highest BCUT2D eigenvalue weighted by Gasteiger charge is 2.18. The number of hydrogen-bond donors (Lipinski definition) is 3. The highest BCUT2D eigenvalue weighted by Crippen LogP contribution is 2.36. The SMILES string of the molecule is Clc1ccc(-c2cccc3[nH]c(-c4n[nH]c5ccc(-c6cncc(CNCC7CCCC7)c6)nc45)nc23)s1. The maximum atomic E-state index is 6.20. The summed E-state index contributed by atoms with van der Waals surface area (Å²) in [5, 5.41) is 11.3. The van der Waals surface area contributed by atoms with Crippen LogP contribution in [-0.4, -0.2) is 36.7 Å². The van der Waals surface area contributed by atoms with Gasteiger partial charge in [-0.1, -0.05) is 36.6 Å². The first-order valence-electron chi connectivity index (χ1n) is 13.0. The monoisotopic (exact) mass is 539 g/mol. The molecule has 7 rings (SSSR count). The number of rotatable bonds is 7. The molecule has 0 atom stereocenters. The van der Waals surface area contributed by atoms with Gasteiger partial charge in [0.05, 0.1) is 26.6 Å². The molecule has 0 aliphatic heterocycles. The number of nitrogens with one attached hydrogen (secondary N) is 3. The lowest BCUT2D eigenvalue weighted by molar-refractivity contribution is 0.489. The predicted molar refractivity (Wildman–Crippen MR) is 154 cm³/mol. The molecule has 0 unspecified atom stereocenters. The molecule has 1 aliphatic carbocycles. The highest BCUT2D eigenvalue weighted by molar-refractivity contribution is 7.19. The molecular weight excluding hydrogens is 514 g/mol. The van der Waals surface area contributed by atoms with Crippen LogP contribution in [0.4, 0.5) is 0 Å². The van der Waals surface area contributed by atoms with Crippen LogP contribution in [0, 0.1) is 5.92 Å². The number of imidazole rings is 1. The number of fused-ring (bicyclic) bond motifs is 2. The molecule has 5 aromatic heterocycles. The van der Waals surface area contributed by atoms with Crippen molar-refractivity contribution >= 4 is 45.0 Å². The van der Waals surface area contributed by atoms with E-state index in [1.165, 1.54) is 25.7 Å². The van der Waals surface area contributed by atoms with E-state index in [0.717, 1.165) is 72.7 Å². The van der Waals surface area contributed by atoms with Gasteiger partial charge in [-0.3, -0.25) is 10.1 Å². The number of aromatic amines is 2. The van der Waals surface area contributed by atoms with Crippen LogP contribution in [0.15, 0.2) is 60.9 Å². The molecule has 6 aromatic rings. The minimum Gasteiger partial charge on any atom is -0.336 e. The Balaban J connectivity index is 1.20. The number of pyridine rings is 2. The molecule has 190 valence electrons. The third kappa shape index (κ3) is 4.49. The Hall–Kier alpha value is -3.59. The lowest BCUT2D eigenvalue weighted by atomic mass is 10.1. The van der Waals surface area contributed by atoms with Gasteiger partial charge in [0.15, 0.2) is 11.5 Å². The quantitative estimate of drug-likeness (QED) is 0.199. The Morgan fingerprint density at radius 1 is 0.974 bits per heavy atom. The number of halogens is 1. The van der Waals surface area contributed by atoms with E-state index in [2.05, 4.69) is 37.6 Å². The molecular formula is C29H26ClN7S. The first-order valence-corrected chi connectivity index (χ1v) is 14.2. The number of nitrogens with zero attached hydrogens (tertiary/aromatic N) is 4. The lowest BCUT2D eigenvalue weighted by Crippen LogP contribution is -2.20. The van der Waals surface area contributed by atoms with Crippen molar-refractivity contribution in [3.8, 4) is 33.2 Å². The zero-order valence-electron chi connectivity index (χ0n) is 20.7. The summed E-state index contributed by atoms with van der Waals surface area (Å²) in [7, 11) is 0. The third-order valence-electron chi connectivity index (χ3n) is 7.31. The maximum absolute atomic E-state index is 6.20. The molecule has 9 heteroatoms. The minimum absolute atomic E-state index is 0.675. The van der Waals surface area contributed by atoms with Crippen LogP contribution >= 0.6 is 22.9 Å². The van der Waals surface area contributed by atoms with Gasteiger partial charge in [-0.25, -0.2) is 9.97 Å². The van der Waals surface area contributed by atoms with Gasteiger partial charge in [-0.05, 0) is 67.3 Å². The Bertz CT molecular complexity index is 1740. The summed E-state index contributed by atoms with van der Waals surface area (Å²) >= 11 is 7.74. The minimum atomic E-state index is 0.675. The van der Waals surface area contributed by atoms with Crippen LogP contribution in [0.3, 0.4) is 0 Å². The van der Waals surface area contributed by atoms with Crippen LogP contribution in [0.1, 0.15) is 31.2 Å². The lowest BCUT2D eigenvalue weighted by Gasteiger charge is -2.11. The molecule has 0 radical (unpaired) electrons. The highest BCUT2D eigenvalue weighted by atomic mass is 35.5. The summed E-state index contributed by atoms with van der Waals surface area (Å²) in [4.78, 5) is 18.9. The second-order valence-electron chi connectivity index (χ2n) is 9.92. The normalized spacial score (nSPS) is 14.2. The molecule has 0 amide bonds. The van der Waals surface area contributed by atoms with Gasteiger partial charge in [0.1, 0.15) is 5.52 Å². The number of hydrogen-bond acceptors (Lipinski definition) is 6. The number of aromatic nitrogens is 6. The largest absolute Gasteiger partial charge is 0.336 e. The molecule has 5 heterocycles. The second kappa shape index (κ2) is 9.94. The molecule has 38 heavy (non-hydrogen) atoms. The van der Waals surface area contributed by atoms with E-state index in [-0.39, 0.29) is 0 Å². The molecule has 1 fully saturated rings. The first-order chi connectivity index (χ1) is 18.7. The topological polar surface area (TPSA) is 95.2 Å². The van der Waals surface area contributed by atoms with Crippen molar-refractivity contribution in [2.24, 2.45) is 5.92 Å². The summed E-state index contributed by atoms with van der Waals surface area (Å²) in [6.45, 7) is 1.89. The van der Waals surface area contributed by atoms with E-state index in [1.54, 1.807) is 11.3 Å². The molecule has 0 spiro atoms. The van der Waals surface area contributed by atoms with Gasteiger partial charge < -0.3 is 10.3 Å². The van der Waals surface area contributed by atoms with E-state index in [4.69, 9.17) is 21.6 Å². The first kappa shape index (κ1) is 23.5. The van der Waals surface area contributed by atoms with Crippen molar-refractivity contribution in [2.75, 3.05) is 6.54 Å². The number of para-hydroxylation sites is 1. The van der Waals surface area contributed by atoms with E-state index in [9.17, 15) is 0 Å². The van der Waals surface area contributed by atoms with Crippen molar-refractivity contribution in [3.63, 3.8) is 0 Å². The van der Waals surface area contributed by atoms with E-state index >= 15 is 0 Å². The summed E-state index contributed by atoms with van der Waals surface area (Å²) in [5.74, 6) is 1.49. The fourth-order valence-corrected chi connectivity index (χ4v) is 6.46. The van der Waals surface area contributed by atoms with Gasteiger partial charge in [0.2, 0.25) is 0 Å². The van der Waals surface area contributed by atoms with E-state index in [0.29, 0.717) is 11.5 Å². The van der Waals surface area contributed by atoms with Crippen LogP contribution in [0.5, 0.6) is 0 Å². The predicted octanol–water partition coefficient (Wildman–Crippen LogP) is 7.22. The molecule has 0 saturated heterocycles. The molecule has 1 aromatic carbocycles. The van der Waals surface area contributed by atoms with Gasteiger partial charge in [0, 0.05) is 34.9 Å². The summed E-state index contributed by atoms with van der Waals surface area (Å²) in [6, 6.07) is 16.2. The Morgan fingerprint density at radius 2 is 1.89 bits per heavy atom. The molecule has 1 saturated carbocycles.